The quantitative estimate of drug-likeness (QED) is 0.726. The van der Waals surface area contributed by atoms with Gasteiger partial charge in [-0.1, -0.05) is 25.3 Å². The summed E-state index contributed by atoms with van der Waals surface area (Å²) >= 11 is 0. The van der Waals surface area contributed by atoms with Gasteiger partial charge in [0.25, 0.3) is 5.91 Å². The minimum atomic E-state index is -1.19. The van der Waals surface area contributed by atoms with E-state index in [1.807, 2.05) is 0 Å². The number of aliphatic carboxylic acids is 1. The number of rotatable bonds is 5. The van der Waals surface area contributed by atoms with E-state index in [4.69, 9.17) is 5.11 Å². The molecule has 0 aliphatic heterocycles. The molecule has 0 heterocycles. The third kappa shape index (κ3) is 5.58. The molecule has 0 radical (unpaired) electrons. The first-order valence-corrected chi connectivity index (χ1v) is 7.67. The van der Waals surface area contributed by atoms with Crippen LogP contribution in [0.25, 0.3) is 0 Å². The van der Waals surface area contributed by atoms with Crippen LogP contribution in [0.4, 0.5) is 5.69 Å². The molecule has 1 aliphatic carbocycles. The zero-order chi connectivity index (χ0) is 16.7. The number of hydrogen-bond acceptors (Lipinski definition) is 3. The molecule has 0 bridgehead atoms. The number of carboxylic acids is 1. The van der Waals surface area contributed by atoms with E-state index < -0.39 is 11.9 Å². The molecule has 0 atom stereocenters. The van der Waals surface area contributed by atoms with Crippen molar-refractivity contribution in [2.45, 2.75) is 38.1 Å². The second-order valence-electron chi connectivity index (χ2n) is 5.55. The number of hydrogen-bond donors (Lipinski definition) is 3. The second kappa shape index (κ2) is 8.12. The highest BCUT2D eigenvalue weighted by Gasteiger charge is 2.16. The van der Waals surface area contributed by atoms with Gasteiger partial charge in [0.15, 0.2) is 0 Å². The number of carbonyl (C=O) groups excluding carboxylic acids is 2. The van der Waals surface area contributed by atoms with E-state index in [1.165, 1.54) is 6.42 Å². The Hall–Kier alpha value is -2.63. The highest BCUT2D eigenvalue weighted by atomic mass is 16.4. The minimum absolute atomic E-state index is 0.158. The van der Waals surface area contributed by atoms with Crippen LogP contribution in [-0.2, 0) is 9.59 Å². The topological polar surface area (TPSA) is 95.5 Å². The average Bonchev–Trinajstić information content (AvgIpc) is 2.54. The van der Waals surface area contributed by atoms with Crippen LogP contribution in [0, 0.1) is 0 Å². The standard InChI is InChI=1S/C17H20N2O4/c20-15(9-10-16(21)22)18-14-8-4-5-12(11-14)17(23)19-13-6-2-1-3-7-13/h4-5,8-11,13H,1-3,6-7H2,(H,18,20)(H,19,23)(H,21,22)/b10-9+. The van der Waals surface area contributed by atoms with Gasteiger partial charge in [-0.2, -0.15) is 0 Å². The first-order valence-electron chi connectivity index (χ1n) is 7.67. The molecule has 2 amide bonds. The molecule has 122 valence electrons. The molecule has 1 fully saturated rings. The van der Waals surface area contributed by atoms with Gasteiger partial charge in [-0.05, 0) is 31.0 Å². The molecule has 0 saturated heterocycles. The van der Waals surface area contributed by atoms with Gasteiger partial charge >= 0.3 is 5.97 Å². The zero-order valence-electron chi connectivity index (χ0n) is 12.7. The zero-order valence-corrected chi connectivity index (χ0v) is 12.7. The van der Waals surface area contributed by atoms with Crippen molar-refractivity contribution in [2.24, 2.45) is 0 Å². The largest absolute Gasteiger partial charge is 0.478 e. The van der Waals surface area contributed by atoms with Gasteiger partial charge in [-0.25, -0.2) is 4.79 Å². The van der Waals surface area contributed by atoms with Crippen LogP contribution >= 0.6 is 0 Å². The summed E-state index contributed by atoms with van der Waals surface area (Å²) in [5, 5.41) is 14.0. The predicted molar refractivity (Wildman–Crippen MR) is 86.2 cm³/mol. The van der Waals surface area contributed by atoms with Crippen molar-refractivity contribution in [1.82, 2.24) is 5.32 Å². The van der Waals surface area contributed by atoms with Crippen molar-refractivity contribution in [3.63, 3.8) is 0 Å². The van der Waals surface area contributed by atoms with Crippen LogP contribution in [-0.4, -0.2) is 28.9 Å². The number of benzene rings is 1. The molecule has 2 rings (SSSR count). The predicted octanol–water partition coefficient (Wildman–Crippen LogP) is 2.33. The number of anilines is 1. The van der Waals surface area contributed by atoms with E-state index in [0.29, 0.717) is 11.3 Å². The summed E-state index contributed by atoms with van der Waals surface area (Å²) in [7, 11) is 0. The Labute approximate surface area is 134 Å². The molecule has 1 aliphatic rings. The fraction of sp³-hybridized carbons (Fsp3) is 0.353. The van der Waals surface area contributed by atoms with Crippen LogP contribution in [0.2, 0.25) is 0 Å². The maximum Gasteiger partial charge on any atom is 0.328 e. The lowest BCUT2D eigenvalue weighted by Crippen LogP contribution is -2.36. The van der Waals surface area contributed by atoms with Crippen molar-refractivity contribution in [1.29, 1.82) is 0 Å². The second-order valence-corrected chi connectivity index (χ2v) is 5.55. The summed E-state index contributed by atoms with van der Waals surface area (Å²) in [5.74, 6) is -1.91. The summed E-state index contributed by atoms with van der Waals surface area (Å²) in [5.41, 5.74) is 0.914. The van der Waals surface area contributed by atoms with Crippen LogP contribution in [0.5, 0.6) is 0 Å². The van der Waals surface area contributed by atoms with Crippen molar-refractivity contribution in [3.8, 4) is 0 Å². The summed E-state index contributed by atoms with van der Waals surface area (Å²) in [6.07, 6.45) is 7.18. The molecule has 1 aromatic carbocycles. The number of carbonyl (C=O) groups is 3. The summed E-state index contributed by atoms with van der Waals surface area (Å²) < 4.78 is 0. The van der Waals surface area contributed by atoms with E-state index in [0.717, 1.165) is 37.8 Å². The van der Waals surface area contributed by atoms with Gasteiger partial charge in [-0.3, -0.25) is 9.59 Å². The van der Waals surface area contributed by atoms with Crippen LogP contribution in [0.1, 0.15) is 42.5 Å². The van der Waals surface area contributed by atoms with Crippen molar-refractivity contribution in [2.75, 3.05) is 5.32 Å². The van der Waals surface area contributed by atoms with Gasteiger partial charge < -0.3 is 15.7 Å². The van der Waals surface area contributed by atoms with Gasteiger partial charge in [-0.15, -0.1) is 0 Å². The molecule has 0 aromatic heterocycles. The fourth-order valence-corrected chi connectivity index (χ4v) is 2.58. The third-order valence-electron chi connectivity index (χ3n) is 3.71. The van der Waals surface area contributed by atoms with E-state index in [1.54, 1.807) is 24.3 Å². The first-order chi connectivity index (χ1) is 11.0. The Balaban J connectivity index is 1.96. The van der Waals surface area contributed by atoms with Gasteiger partial charge in [0, 0.05) is 29.4 Å². The summed E-state index contributed by atoms with van der Waals surface area (Å²) in [6.45, 7) is 0. The Kier molecular flexibility index (Phi) is 5.91. The summed E-state index contributed by atoms with van der Waals surface area (Å²) in [4.78, 5) is 34.2. The molecule has 3 N–H and O–H groups in total. The molecular formula is C17H20N2O4. The van der Waals surface area contributed by atoms with Crippen LogP contribution in [0.15, 0.2) is 36.4 Å². The van der Waals surface area contributed by atoms with Crippen molar-refractivity contribution in [3.05, 3.63) is 42.0 Å². The molecule has 23 heavy (non-hydrogen) atoms. The molecule has 6 nitrogen and oxygen atoms in total. The van der Waals surface area contributed by atoms with E-state index in [9.17, 15) is 14.4 Å². The molecule has 6 heteroatoms. The fourth-order valence-electron chi connectivity index (χ4n) is 2.58. The lowest BCUT2D eigenvalue weighted by molar-refractivity contribution is -0.131. The van der Waals surface area contributed by atoms with E-state index in [-0.39, 0.29) is 11.9 Å². The lowest BCUT2D eigenvalue weighted by Gasteiger charge is -2.22. The first kappa shape index (κ1) is 16.7. The Bertz CT molecular complexity index is 619. The number of nitrogens with one attached hydrogen (secondary N) is 2. The van der Waals surface area contributed by atoms with Crippen molar-refractivity contribution >= 4 is 23.5 Å². The number of amides is 2. The van der Waals surface area contributed by atoms with Gasteiger partial charge in [0.2, 0.25) is 5.91 Å². The monoisotopic (exact) mass is 316 g/mol. The van der Waals surface area contributed by atoms with E-state index >= 15 is 0 Å². The number of carboxylic acid groups (broad SMARTS) is 1. The molecular weight excluding hydrogens is 296 g/mol. The highest BCUT2D eigenvalue weighted by Crippen LogP contribution is 2.18. The Morgan fingerprint density at radius 2 is 1.83 bits per heavy atom. The van der Waals surface area contributed by atoms with E-state index in [2.05, 4.69) is 10.6 Å². The smallest absolute Gasteiger partial charge is 0.328 e. The lowest BCUT2D eigenvalue weighted by atomic mass is 9.95. The Morgan fingerprint density at radius 1 is 1.09 bits per heavy atom. The minimum Gasteiger partial charge on any atom is -0.478 e. The van der Waals surface area contributed by atoms with Crippen LogP contribution in [0.3, 0.4) is 0 Å². The van der Waals surface area contributed by atoms with Crippen LogP contribution < -0.4 is 10.6 Å². The maximum absolute atomic E-state index is 12.3. The van der Waals surface area contributed by atoms with Gasteiger partial charge in [0.05, 0.1) is 0 Å². The average molecular weight is 316 g/mol. The Morgan fingerprint density at radius 3 is 2.52 bits per heavy atom. The molecule has 1 aromatic rings. The van der Waals surface area contributed by atoms with Gasteiger partial charge in [0.1, 0.15) is 0 Å². The highest BCUT2D eigenvalue weighted by molar-refractivity contribution is 6.03. The third-order valence-corrected chi connectivity index (χ3v) is 3.71. The molecule has 0 spiro atoms. The maximum atomic E-state index is 12.3. The molecule has 0 unspecified atom stereocenters. The normalized spacial score (nSPS) is 15.3. The SMILES string of the molecule is O=C(O)/C=C/C(=O)Nc1cccc(C(=O)NC2CCCCC2)c1. The molecule has 1 saturated carbocycles. The van der Waals surface area contributed by atoms with Crippen molar-refractivity contribution < 1.29 is 19.5 Å². The summed E-state index contributed by atoms with van der Waals surface area (Å²) in [6, 6.07) is 6.79.